The summed E-state index contributed by atoms with van der Waals surface area (Å²) in [5.41, 5.74) is 1.73. The first-order valence-electron chi connectivity index (χ1n) is 6.20. The van der Waals surface area contributed by atoms with Crippen molar-refractivity contribution in [1.82, 2.24) is 4.98 Å². The van der Waals surface area contributed by atoms with Crippen molar-refractivity contribution in [3.63, 3.8) is 0 Å². The summed E-state index contributed by atoms with van der Waals surface area (Å²) in [4.78, 5) is 17.5. The van der Waals surface area contributed by atoms with Crippen molar-refractivity contribution in [3.05, 3.63) is 35.5 Å². The predicted molar refractivity (Wildman–Crippen MR) is 74.8 cm³/mol. The molecule has 0 aliphatic carbocycles. The van der Waals surface area contributed by atoms with Gasteiger partial charge in [0.15, 0.2) is 0 Å². The van der Waals surface area contributed by atoms with E-state index in [-0.39, 0.29) is 0 Å². The van der Waals surface area contributed by atoms with E-state index in [4.69, 9.17) is 11.6 Å². The van der Waals surface area contributed by atoms with Gasteiger partial charge in [-0.3, -0.25) is 4.98 Å². The van der Waals surface area contributed by atoms with Gasteiger partial charge in [0, 0.05) is 28.8 Å². The van der Waals surface area contributed by atoms with Crippen molar-refractivity contribution < 1.29 is 9.90 Å². The number of rotatable bonds is 2. The van der Waals surface area contributed by atoms with Gasteiger partial charge in [-0.05, 0) is 37.1 Å². The number of aliphatic carboxylic acids is 1. The van der Waals surface area contributed by atoms with E-state index < -0.39 is 12.0 Å². The maximum Gasteiger partial charge on any atom is 0.326 e. The van der Waals surface area contributed by atoms with E-state index in [1.165, 1.54) is 0 Å². The molecule has 0 spiro atoms. The number of anilines is 1. The molecule has 0 bridgehead atoms. The Morgan fingerprint density at radius 3 is 3.05 bits per heavy atom. The molecule has 1 atom stereocenters. The first kappa shape index (κ1) is 12.2. The molecule has 1 saturated heterocycles. The van der Waals surface area contributed by atoms with E-state index in [0.29, 0.717) is 11.4 Å². The Hall–Kier alpha value is -1.81. The average molecular weight is 277 g/mol. The second kappa shape index (κ2) is 4.70. The molecule has 5 heteroatoms. The molecule has 0 amide bonds. The molecule has 3 rings (SSSR count). The Morgan fingerprint density at radius 2 is 2.26 bits per heavy atom. The molecule has 19 heavy (non-hydrogen) atoms. The zero-order chi connectivity index (χ0) is 13.4. The highest BCUT2D eigenvalue weighted by Crippen LogP contribution is 2.32. The fourth-order valence-electron chi connectivity index (χ4n) is 2.67. The molecule has 1 aromatic carbocycles. The van der Waals surface area contributed by atoms with Crippen LogP contribution in [-0.4, -0.2) is 28.6 Å². The van der Waals surface area contributed by atoms with Gasteiger partial charge in [-0.25, -0.2) is 4.79 Å². The molecule has 98 valence electrons. The number of carboxylic acids is 1. The third-order valence-electron chi connectivity index (χ3n) is 3.53. The third kappa shape index (κ3) is 2.12. The van der Waals surface area contributed by atoms with Crippen LogP contribution in [0.5, 0.6) is 0 Å². The number of carboxylic acid groups (broad SMARTS) is 1. The van der Waals surface area contributed by atoms with Crippen molar-refractivity contribution in [2.45, 2.75) is 18.9 Å². The van der Waals surface area contributed by atoms with Crippen LogP contribution in [0, 0.1) is 0 Å². The normalized spacial score (nSPS) is 19.0. The highest BCUT2D eigenvalue weighted by molar-refractivity contribution is 6.31. The molecule has 1 fully saturated rings. The van der Waals surface area contributed by atoms with Gasteiger partial charge in [0.1, 0.15) is 6.04 Å². The zero-order valence-electron chi connectivity index (χ0n) is 10.2. The number of carbonyl (C=O) groups is 1. The Morgan fingerprint density at radius 1 is 1.42 bits per heavy atom. The number of halogens is 1. The Bertz CT molecular complexity index is 644. The fourth-order valence-corrected chi connectivity index (χ4v) is 2.84. The maximum absolute atomic E-state index is 11.3. The number of nitrogens with zero attached hydrogens (tertiary/aromatic N) is 2. The minimum atomic E-state index is -0.774. The SMILES string of the molecule is O=C(O)[C@@H]1CCCN1c1ccnc2ccc(Cl)cc12. The van der Waals surface area contributed by atoms with Gasteiger partial charge in [-0.2, -0.15) is 0 Å². The standard InChI is InChI=1S/C14H13ClN2O2/c15-9-3-4-11-10(8-9)12(5-6-16-11)17-7-1-2-13(17)14(18)19/h3-6,8,13H,1-2,7H2,(H,18,19)/t13-/m0/s1. The molecule has 0 radical (unpaired) electrons. The zero-order valence-corrected chi connectivity index (χ0v) is 11.0. The van der Waals surface area contributed by atoms with Crippen LogP contribution >= 0.6 is 11.6 Å². The van der Waals surface area contributed by atoms with Gasteiger partial charge in [0.2, 0.25) is 0 Å². The quantitative estimate of drug-likeness (QED) is 0.916. The lowest BCUT2D eigenvalue weighted by molar-refractivity contribution is -0.138. The smallest absolute Gasteiger partial charge is 0.326 e. The van der Waals surface area contributed by atoms with Crippen molar-refractivity contribution >= 4 is 34.2 Å². The summed E-state index contributed by atoms with van der Waals surface area (Å²) in [5, 5.41) is 10.8. The van der Waals surface area contributed by atoms with Crippen LogP contribution in [0.1, 0.15) is 12.8 Å². The lowest BCUT2D eigenvalue weighted by Gasteiger charge is -2.24. The largest absolute Gasteiger partial charge is 0.480 e. The van der Waals surface area contributed by atoms with Crippen LogP contribution in [0.3, 0.4) is 0 Å². The third-order valence-corrected chi connectivity index (χ3v) is 3.76. The summed E-state index contributed by atoms with van der Waals surface area (Å²) in [5.74, 6) is -0.774. The Labute approximate surface area is 115 Å². The first-order valence-corrected chi connectivity index (χ1v) is 6.58. The molecule has 1 N–H and O–H groups in total. The number of hydrogen-bond acceptors (Lipinski definition) is 3. The van der Waals surface area contributed by atoms with Crippen molar-refractivity contribution in [1.29, 1.82) is 0 Å². The van der Waals surface area contributed by atoms with Crippen LogP contribution in [0.2, 0.25) is 5.02 Å². The van der Waals surface area contributed by atoms with E-state index >= 15 is 0 Å². The minimum absolute atomic E-state index is 0.454. The molecule has 1 aliphatic rings. The summed E-state index contributed by atoms with van der Waals surface area (Å²) in [6.07, 6.45) is 3.28. The lowest BCUT2D eigenvalue weighted by Crippen LogP contribution is -2.36. The lowest BCUT2D eigenvalue weighted by atomic mass is 10.1. The van der Waals surface area contributed by atoms with E-state index in [1.54, 1.807) is 12.3 Å². The second-order valence-corrected chi connectivity index (χ2v) is 5.12. The summed E-state index contributed by atoms with van der Waals surface area (Å²) in [7, 11) is 0. The Balaban J connectivity index is 2.14. The molecule has 0 unspecified atom stereocenters. The fraction of sp³-hybridized carbons (Fsp3) is 0.286. The summed E-state index contributed by atoms with van der Waals surface area (Å²) < 4.78 is 0. The minimum Gasteiger partial charge on any atom is -0.480 e. The van der Waals surface area contributed by atoms with Crippen LogP contribution < -0.4 is 4.90 Å². The first-order chi connectivity index (χ1) is 9.16. The van der Waals surface area contributed by atoms with Gasteiger partial charge < -0.3 is 10.0 Å². The van der Waals surface area contributed by atoms with E-state index in [0.717, 1.165) is 29.6 Å². The highest BCUT2D eigenvalue weighted by Gasteiger charge is 2.31. The van der Waals surface area contributed by atoms with Crippen molar-refractivity contribution in [3.8, 4) is 0 Å². The number of fused-ring (bicyclic) bond motifs is 1. The van der Waals surface area contributed by atoms with Gasteiger partial charge in [-0.1, -0.05) is 11.6 Å². The molecule has 1 aliphatic heterocycles. The molecule has 1 aromatic heterocycles. The van der Waals surface area contributed by atoms with Crippen LogP contribution in [-0.2, 0) is 4.79 Å². The van der Waals surface area contributed by atoms with Gasteiger partial charge in [0.25, 0.3) is 0 Å². The molecule has 2 heterocycles. The molecule has 2 aromatic rings. The van der Waals surface area contributed by atoms with Crippen LogP contribution in [0.15, 0.2) is 30.5 Å². The summed E-state index contributed by atoms with van der Waals surface area (Å²) in [6.45, 7) is 0.753. The molecular weight excluding hydrogens is 264 g/mol. The summed E-state index contributed by atoms with van der Waals surface area (Å²) >= 11 is 6.03. The highest BCUT2D eigenvalue weighted by atomic mass is 35.5. The van der Waals surface area contributed by atoms with Gasteiger partial charge in [0.05, 0.1) is 5.52 Å². The van der Waals surface area contributed by atoms with E-state index in [2.05, 4.69) is 4.98 Å². The summed E-state index contributed by atoms with van der Waals surface area (Å²) in [6, 6.07) is 6.90. The Kier molecular flexibility index (Phi) is 3.03. The van der Waals surface area contributed by atoms with Crippen LogP contribution in [0.25, 0.3) is 10.9 Å². The van der Waals surface area contributed by atoms with Crippen molar-refractivity contribution in [2.75, 3.05) is 11.4 Å². The maximum atomic E-state index is 11.3. The van der Waals surface area contributed by atoms with Gasteiger partial charge in [-0.15, -0.1) is 0 Å². The number of aromatic nitrogens is 1. The van der Waals surface area contributed by atoms with E-state index in [9.17, 15) is 9.90 Å². The monoisotopic (exact) mass is 276 g/mol. The average Bonchev–Trinajstić information content (AvgIpc) is 2.87. The van der Waals surface area contributed by atoms with Gasteiger partial charge >= 0.3 is 5.97 Å². The number of pyridine rings is 1. The second-order valence-electron chi connectivity index (χ2n) is 4.68. The molecule has 4 nitrogen and oxygen atoms in total. The van der Waals surface area contributed by atoms with E-state index in [1.807, 2.05) is 23.1 Å². The topological polar surface area (TPSA) is 53.4 Å². The number of hydrogen-bond donors (Lipinski definition) is 1. The predicted octanol–water partition coefficient (Wildman–Crippen LogP) is 2.94. The van der Waals surface area contributed by atoms with Crippen molar-refractivity contribution in [2.24, 2.45) is 0 Å². The molecule has 0 saturated carbocycles. The number of benzene rings is 1. The molecular formula is C14H13ClN2O2. The van der Waals surface area contributed by atoms with Crippen LogP contribution in [0.4, 0.5) is 5.69 Å².